The summed E-state index contributed by atoms with van der Waals surface area (Å²) >= 11 is 0. The Balaban J connectivity index is 0.000000261. The molecular formula is C3H8N6O3. The molecule has 0 aliphatic heterocycles. The summed E-state index contributed by atoms with van der Waals surface area (Å²) in [5, 5.41) is 21.0. The monoisotopic (exact) mass is 176 g/mol. The molecule has 0 aromatic carbocycles. The van der Waals surface area contributed by atoms with E-state index in [4.69, 9.17) is 26.9 Å². The second-order valence-electron chi connectivity index (χ2n) is 1.76. The van der Waals surface area contributed by atoms with E-state index in [0.717, 1.165) is 5.82 Å². The molecule has 1 aromatic rings. The molecule has 1 rings (SSSR count). The molecule has 0 aliphatic carbocycles. The highest BCUT2D eigenvalue weighted by Gasteiger charge is 2.05. The molecule has 0 radical (unpaired) electrons. The van der Waals surface area contributed by atoms with Gasteiger partial charge >= 0.3 is 5.95 Å². The summed E-state index contributed by atoms with van der Waals surface area (Å²) in [4.78, 5) is 8.25. The van der Waals surface area contributed by atoms with Gasteiger partial charge in [-0.1, -0.05) is 0 Å². The van der Waals surface area contributed by atoms with Gasteiger partial charge < -0.3 is 21.1 Å². The highest BCUT2D eigenvalue weighted by atomic mass is 16.9. The zero-order valence-corrected chi connectivity index (χ0v) is 6.22. The maximum atomic E-state index is 8.25. The van der Waals surface area contributed by atoms with E-state index in [9.17, 15) is 0 Å². The average Bonchev–Trinajstić information content (AvgIpc) is 2.19. The number of hydrogen-bond acceptors (Lipinski definition) is 6. The van der Waals surface area contributed by atoms with E-state index in [0.29, 0.717) is 5.95 Å². The number of nitrogens with two attached hydrogens (primary N) is 2. The maximum Gasteiger partial charge on any atom is 0.396 e. The van der Waals surface area contributed by atoms with E-state index in [-0.39, 0.29) is 0 Å². The minimum atomic E-state index is -1.75. The van der Waals surface area contributed by atoms with Gasteiger partial charge in [0.1, 0.15) is 0 Å². The quantitative estimate of drug-likeness (QED) is 0.181. The van der Waals surface area contributed by atoms with E-state index in [1.807, 2.05) is 0 Å². The normalized spacial score (nSPS) is 8.42. The van der Waals surface area contributed by atoms with Crippen molar-refractivity contribution in [1.29, 1.82) is 0 Å². The fourth-order valence-corrected chi connectivity index (χ4v) is 0.418. The summed E-state index contributed by atoms with van der Waals surface area (Å²) in [7, 11) is 0. The molecule has 0 amide bonds. The Morgan fingerprint density at radius 2 is 2.08 bits per heavy atom. The van der Waals surface area contributed by atoms with Crippen molar-refractivity contribution in [1.82, 2.24) is 10.2 Å². The first-order valence-electron chi connectivity index (χ1n) is 2.74. The van der Waals surface area contributed by atoms with E-state index in [1.54, 1.807) is 6.92 Å². The van der Waals surface area contributed by atoms with Crippen LogP contribution in [0, 0.1) is 22.2 Å². The fraction of sp³-hybridized carbons (Fsp3) is 0.333. The number of H-pyrrole nitrogens is 1. The molecule has 68 valence electrons. The molecule has 0 bridgehead atoms. The average molecular weight is 176 g/mol. The van der Waals surface area contributed by atoms with Gasteiger partial charge in [0.2, 0.25) is 5.82 Å². The van der Waals surface area contributed by atoms with Crippen LogP contribution < -0.4 is 16.3 Å². The van der Waals surface area contributed by atoms with Crippen LogP contribution in [0.15, 0.2) is 0 Å². The molecule has 0 saturated carbocycles. The van der Waals surface area contributed by atoms with E-state index >= 15 is 0 Å². The van der Waals surface area contributed by atoms with Crippen LogP contribution in [0.2, 0.25) is 0 Å². The van der Waals surface area contributed by atoms with Crippen molar-refractivity contribution in [3.8, 4) is 0 Å². The minimum absolute atomic E-state index is 0.294. The molecule has 9 heteroatoms. The number of hydrogen-bond donors (Lipinski definition) is 3. The smallest absolute Gasteiger partial charge is 0.356 e. The van der Waals surface area contributed by atoms with Gasteiger partial charge in [-0.3, -0.25) is 5.84 Å². The molecule has 0 spiro atoms. The summed E-state index contributed by atoms with van der Waals surface area (Å²) in [6.45, 7) is 1.78. The van der Waals surface area contributed by atoms with Crippen molar-refractivity contribution < 1.29 is 9.76 Å². The van der Waals surface area contributed by atoms with Crippen LogP contribution in [0.4, 0.5) is 5.95 Å². The van der Waals surface area contributed by atoms with Crippen LogP contribution in [-0.2, 0) is 0 Å². The lowest BCUT2D eigenvalue weighted by Crippen LogP contribution is -2.47. The van der Waals surface area contributed by atoms with Gasteiger partial charge in [0.15, 0.2) is 0 Å². The van der Waals surface area contributed by atoms with Gasteiger partial charge in [-0.15, -0.1) is 4.68 Å². The van der Waals surface area contributed by atoms with Crippen LogP contribution in [0.1, 0.15) is 5.82 Å². The highest BCUT2D eigenvalue weighted by Crippen LogP contribution is 1.80. The van der Waals surface area contributed by atoms with Crippen LogP contribution in [-0.4, -0.2) is 15.3 Å². The van der Waals surface area contributed by atoms with Crippen molar-refractivity contribution in [2.45, 2.75) is 6.92 Å². The molecule has 0 saturated heterocycles. The van der Waals surface area contributed by atoms with Crippen LogP contribution >= 0.6 is 0 Å². The zero-order valence-electron chi connectivity index (χ0n) is 6.22. The number of anilines is 1. The Hall–Kier alpha value is -2.06. The molecule has 12 heavy (non-hydrogen) atoms. The third-order valence-electron chi connectivity index (χ3n) is 0.940. The van der Waals surface area contributed by atoms with Gasteiger partial charge in [-0.2, -0.15) is 5.10 Å². The summed E-state index contributed by atoms with van der Waals surface area (Å²) in [6.07, 6.45) is 0. The van der Waals surface area contributed by atoms with E-state index in [1.165, 1.54) is 4.68 Å². The number of nitrogens with zero attached hydrogens (tertiary/aromatic N) is 3. The SMILES string of the molecule is Cc1[nH]nc(N)[n+]1N.O=[N+]([O-])[O-]. The third kappa shape index (κ3) is 3.20. The molecule has 0 fully saturated rings. The Morgan fingerprint density at radius 1 is 1.67 bits per heavy atom. The first kappa shape index (κ1) is 9.94. The Labute approximate surface area is 66.7 Å². The Kier molecular flexibility index (Phi) is 3.27. The Morgan fingerprint density at radius 3 is 2.17 bits per heavy atom. The molecule has 0 aliphatic rings. The van der Waals surface area contributed by atoms with Gasteiger partial charge in [0.05, 0.1) is 5.09 Å². The first-order chi connectivity index (χ1) is 5.45. The molecule has 1 aromatic heterocycles. The summed E-state index contributed by atoms with van der Waals surface area (Å²) in [5.41, 5.74) is 5.24. The molecule has 0 atom stereocenters. The van der Waals surface area contributed by atoms with Gasteiger partial charge in [-0.05, 0) is 0 Å². The molecule has 5 N–H and O–H groups in total. The lowest BCUT2D eigenvalue weighted by atomic mass is 10.7. The lowest BCUT2D eigenvalue weighted by molar-refractivity contribution is -0.630. The predicted octanol–water partition coefficient (Wildman–Crippen LogP) is -1.94. The molecule has 9 nitrogen and oxygen atoms in total. The van der Waals surface area contributed by atoms with Crippen molar-refractivity contribution >= 4 is 5.95 Å². The number of nitrogens with one attached hydrogen (secondary N) is 1. The number of rotatable bonds is 0. The van der Waals surface area contributed by atoms with Gasteiger partial charge in [-0.25, -0.2) is 0 Å². The van der Waals surface area contributed by atoms with Gasteiger partial charge in [0.25, 0.3) is 0 Å². The lowest BCUT2D eigenvalue weighted by Gasteiger charge is -1.83. The Bertz CT molecular complexity index is 246. The number of aryl methyl sites for hydroxylation is 1. The van der Waals surface area contributed by atoms with Crippen LogP contribution in [0.5, 0.6) is 0 Å². The number of aromatic amines is 1. The largest absolute Gasteiger partial charge is 0.396 e. The molecule has 1 heterocycles. The standard InChI is InChI=1S/C3H7N5.NO3/c1-2-6-7-3(4)8(2)5;2-1(3)4/h5H2,1H3,(H2,4,7);/q;-1/p+1. The number of nitrogen functional groups attached to an aromatic ring is 2. The molecular weight excluding hydrogens is 168 g/mol. The van der Waals surface area contributed by atoms with Crippen molar-refractivity contribution in [3.05, 3.63) is 21.1 Å². The second kappa shape index (κ2) is 3.95. The summed E-state index contributed by atoms with van der Waals surface area (Å²) < 4.78 is 1.28. The summed E-state index contributed by atoms with van der Waals surface area (Å²) in [6, 6.07) is 0. The van der Waals surface area contributed by atoms with Crippen molar-refractivity contribution in [2.24, 2.45) is 0 Å². The predicted molar refractivity (Wildman–Crippen MR) is 38.4 cm³/mol. The first-order valence-corrected chi connectivity index (χ1v) is 2.74. The van der Waals surface area contributed by atoms with Crippen molar-refractivity contribution in [3.63, 3.8) is 0 Å². The maximum absolute atomic E-state index is 8.25. The third-order valence-corrected chi connectivity index (χ3v) is 0.940. The summed E-state index contributed by atoms with van der Waals surface area (Å²) in [5.74, 6) is 6.33. The minimum Gasteiger partial charge on any atom is -0.356 e. The van der Waals surface area contributed by atoms with E-state index < -0.39 is 5.09 Å². The zero-order chi connectivity index (χ0) is 9.72. The number of aromatic nitrogens is 3. The van der Waals surface area contributed by atoms with Crippen LogP contribution in [0.3, 0.4) is 0 Å². The molecule has 0 unspecified atom stereocenters. The fourth-order valence-electron chi connectivity index (χ4n) is 0.418. The second-order valence-corrected chi connectivity index (χ2v) is 1.76. The van der Waals surface area contributed by atoms with Gasteiger partial charge in [0, 0.05) is 12.0 Å². The van der Waals surface area contributed by atoms with Crippen LogP contribution in [0.25, 0.3) is 0 Å². The highest BCUT2D eigenvalue weighted by molar-refractivity contribution is 5.01. The topological polar surface area (TPSA) is 151 Å². The van der Waals surface area contributed by atoms with E-state index in [2.05, 4.69) is 10.2 Å². The van der Waals surface area contributed by atoms with Crippen molar-refractivity contribution in [2.75, 3.05) is 11.6 Å².